The van der Waals surface area contributed by atoms with Gasteiger partial charge in [-0.2, -0.15) is 0 Å². The van der Waals surface area contributed by atoms with Crippen LogP contribution in [-0.2, 0) is 10.8 Å². The van der Waals surface area contributed by atoms with Crippen LogP contribution in [0, 0.1) is 0 Å². The molecule has 0 bridgehead atoms. The summed E-state index contributed by atoms with van der Waals surface area (Å²) in [6, 6.07) is 41.9. The molecule has 0 unspecified atom stereocenters. The Morgan fingerprint density at radius 1 is 0.438 bits per heavy atom. The van der Waals surface area contributed by atoms with Crippen molar-refractivity contribution in [1.29, 1.82) is 0 Å². The van der Waals surface area contributed by atoms with Crippen LogP contribution in [0.4, 0.5) is 0 Å². The third-order valence-corrected chi connectivity index (χ3v) is 13.0. The van der Waals surface area contributed by atoms with Gasteiger partial charge < -0.3 is 10.2 Å². The van der Waals surface area contributed by atoms with E-state index in [-0.39, 0.29) is 20.3 Å². The van der Waals surface area contributed by atoms with Gasteiger partial charge in [0.05, 0.1) is 0 Å². The van der Waals surface area contributed by atoms with E-state index in [2.05, 4.69) is 139 Å². The predicted molar refractivity (Wildman–Crippen MR) is 206 cm³/mol. The Morgan fingerprint density at radius 3 is 1.17 bits per heavy atom. The summed E-state index contributed by atoms with van der Waals surface area (Å²) in [5.74, 6) is 0.649. The third kappa shape index (κ3) is 5.88. The summed E-state index contributed by atoms with van der Waals surface area (Å²) in [4.78, 5) is 2.81. The second kappa shape index (κ2) is 11.9. The lowest BCUT2D eigenvalue weighted by atomic mass is 9.70. The zero-order valence-corrected chi connectivity index (χ0v) is 30.3. The molecule has 0 saturated heterocycles. The SMILES string of the molecule is CC1(C)C[C@](C)(c2ccc(O)cc2)c2ccc3ccccc3c2S1.CC1(C)C[C@](C)(c2ccc(O)cc2)c2ccc3ccccc3c2S1. The number of fused-ring (bicyclic) bond motifs is 6. The first-order valence-corrected chi connectivity index (χ1v) is 18.4. The number of phenolic OH excluding ortho intramolecular Hbond substituents is 2. The molecule has 2 atom stereocenters. The Morgan fingerprint density at radius 2 is 0.792 bits per heavy atom. The molecule has 0 aromatic heterocycles. The van der Waals surface area contributed by atoms with Crippen LogP contribution in [-0.4, -0.2) is 19.7 Å². The number of aromatic hydroxyl groups is 2. The zero-order valence-electron chi connectivity index (χ0n) is 28.7. The van der Waals surface area contributed by atoms with Gasteiger partial charge >= 0.3 is 0 Å². The highest BCUT2D eigenvalue weighted by atomic mass is 32.2. The van der Waals surface area contributed by atoms with Crippen LogP contribution in [0.15, 0.2) is 131 Å². The van der Waals surface area contributed by atoms with Gasteiger partial charge in [-0.1, -0.05) is 139 Å². The molecule has 48 heavy (non-hydrogen) atoms. The fourth-order valence-electron chi connectivity index (χ4n) is 8.27. The quantitative estimate of drug-likeness (QED) is 0.193. The van der Waals surface area contributed by atoms with E-state index in [0.717, 1.165) is 12.8 Å². The van der Waals surface area contributed by atoms with Crippen molar-refractivity contribution in [3.8, 4) is 11.5 Å². The first kappa shape index (κ1) is 32.7. The van der Waals surface area contributed by atoms with Crippen LogP contribution in [0.2, 0.25) is 0 Å². The number of rotatable bonds is 2. The monoisotopic (exact) mass is 668 g/mol. The molecule has 0 saturated carbocycles. The van der Waals surface area contributed by atoms with Crippen molar-refractivity contribution in [2.45, 2.75) is 84.5 Å². The fraction of sp³-hybridized carbons (Fsp3) is 0.273. The molecular weight excluding hydrogens is 625 g/mol. The van der Waals surface area contributed by atoms with Crippen molar-refractivity contribution in [2.24, 2.45) is 0 Å². The van der Waals surface area contributed by atoms with Gasteiger partial charge in [0, 0.05) is 30.1 Å². The third-order valence-electron chi connectivity index (χ3n) is 10.3. The number of phenols is 2. The maximum absolute atomic E-state index is 9.67. The highest BCUT2D eigenvalue weighted by Crippen LogP contribution is 2.57. The molecule has 0 radical (unpaired) electrons. The molecule has 2 heterocycles. The van der Waals surface area contributed by atoms with E-state index < -0.39 is 0 Å². The highest BCUT2D eigenvalue weighted by Gasteiger charge is 2.44. The smallest absolute Gasteiger partial charge is 0.115 e. The molecule has 0 aliphatic carbocycles. The Kier molecular flexibility index (Phi) is 8.12. The molecule has 0 spiro atoms. The Bertz CT molecular complexity index is 1980. The number of benzene rings is 6. The molecular formula is C44H44O2S2. The minimum absolute atomic E-state index is 0.0538. The molecule has 2 aliphatic heterocycles. The van der Waals surface area contributed by atoms with Gasteiger partial charge in [0.1, 0.15) is 11.5 Å². The number of thioether (sulfide) groups is 2. The lowest BCUT2D eigenvalue weighted by Gasteiger charge is -2.44. The lowest BCUT2D eigenvalue weighted by Crippen LogP contribution is -2.37. The molecule has 6 aromatic rings. The molecule has 6 aromatic carbocycles. The normalized spacial score (nSPS) is 22.3. The van der Waals surface area contributed by atoms with Gasteiger partial charge in [-0.05, 0) is 80.9 Å². The van der Waals surface area contributed by atoms with Crippen molar-refractivity contribution >= 4 is 45.1 Å². The first-order valence-electron chi connectivity index (χ1n) is 16.8. The van der Waals surface area contributed by atoms with Crippen LogP contribution < -0.4 is 0 Å². The van der Waals surface area contributed by atoms with Gasteiger partial charge in [-0.15, -0.1) is 23.5 Å². The standard InChI is InChI=1S/2C22H22OS/c2*1-21(2)14-22(3,16-9-11-17(23)12-10-16)19-13-8-15-6-4-5-7-18(15)20(19)24-21/h2*4-13,23H,14H2,1-3H3/t2*22-/m11/s1. The maximum atomic E-state index is 9.67. The van der Waals surface area contributed by atoms with Gasteiger partial charge in [-0.25, -0.2) is 0 Å². The Hall–Kier alpha value is -3.86. The molecule has 2 N–H and O–H groups in total. The molecule has 0 amide bonds. The second-order valence-corrected chi connectivity index (χ2v) is 18.6. The molecule has 2 nitrogen and oxygen atoms in total. The second-order valence-electron chi connectivity index (χ2n) is 15.2. The summed E-state index contributed by atoms with van der Waals surface area (Å²) >= 11 is 3.99. The van der Waals surface area contributed by atoms with E-state index in [1.54, 1.807) is 24.3 Å². The van der Waals surface area contributed by atoms with Crippen molar-refractivity contribution < 1.29 is 10.2 Å². The highest BCUT2D eigenvalue weighted by molar-refractivity contribution is 8.01. The molecule has 4 heteroatoms. The van der Waals surface area contributed by atoms with E-state index in [4.69, 9.17) is 0 Å². The average Bonchev–Trinajstić information content (AvgIpc) is 3.04. The molecule has 2 aliphatic rings. The van der Waals surface area contributed by atoms with Gasteiger partial charge in [0.15, 0.2) is 0 Å². The summed E-state index contributed by atoms with van der Waals surface area (Å²) in [6.45, 7) is 14.0. The zero-order chi connectivity index (χ0) is 33.9. The topological polar surface area (TPSA) is 40.5 Å². The van der Waals surface area contributed by atoms with Crippen LogP contribution in [0.25, 0.3) is 21.5 Å². The summed E-state index contributed by atoms with van der Waals surface area (Å²) < 4.78 is 0.313. The van der Waals surface area contributed by atoms with Crippen molar-refractivity contribution in [2.75, 3.05) is 0 Å². The van der Waals surface area contributed by atoms with E-state index in [9.17, 15) is 10.2 Å². The minimum Gasteiger partial charge on any atom is -0.508 e. The van der Waals surface area contributed by atoms with Crippen molar-refractivity contribution in [3.63, 3.8) is 0 Å². The van der Waals surface area contributed by atoms with E-state index >= 15 is 0 Å². The largest absolute Gasteiger partial charge is 0.508 e. The van der Waals surface area contributed by atoms with Gasteiger partial charge in [0.2, 0.25) is 0 Å². The summed E-state index contributed by atoms with van der Waals surface area (Å²) in [6.07, 6.45) is 2.14. The summed E-state index contributed by atoms with van der Waals surface area (Å²) in [5.41, 5.74) is 5.23. The van der Waals surface area contributed by atoms with Crippen LogP contribution in [0.1, 0.15) is 76.6 Å². The molecule has 0 fully saturated rings. The minimum atomic E-state index is -0.0538. The van der Waals surface area contributed by atoms with Gasteiger partial charge in [-0.3, -0.25) is 0 Å². The average molecular weight is 669 g/mol. The van der Waals surface area contributed by atoms with Crippen LogP contribution in [0.3, 0.4) is 0 Å². The lowest BCUT2D eigenvalue weighted by molar-refractivity contribution is 0.437. The van der Waals surface area contributed by atoms with E-state index in [0.29, 0.717) is 11.5 Å². The summed E-state index contributed by atoms with van der Waals surface area (Å²) in [5, 5.41) is 24.6. The van der Waals surface area contributed by atoms with E-state index in [1.165, 1.54) is 53.6 Å². The fourth-order valence-corrected chi connectivity index (χ4v) is 11.5. The summed E-state index contributed by atoms with van der Waals surface area (Å²) in [7, 11) is 0. The van der Waals surface area contributed by atoms with Crippen molar-refractivity contribution in [3.05, 3.63) is 144 Å². The van der Waals surface area contributed by atoms with Crippen molar-refractivity contribution in [1.82, 2.24) is 0 Å². The predicted octanol–water partition coefficient (Wildman–Crippen LogP) is 12.3. The molecule has 244 valence electrons. The first-order chi connectivity index (χ1) is 22.8. The molecule has 8 rings (SSSR count). The van der Waals surface area contributed by atoms with Crippen LogP contribution in [0.5, 0.6) is 11.5 Å². The Labute approximate surface area is 293 Å². The number of hydrogen-bond donors (Lipinski definition) is 2. The maximum Gasteiger partial charge on any atom is 0.115 e. The Balaban J connectivity index is 0.000000152. The number of hydrogen-bond acceptors (Lipinski definition) is 4. The van der Waals surface area contributed by atoms with Gasteiger partial charge in [0.25, 0.3) is 0 Å². The van der Waals surface area contributed by atoms with E-state index in [1.807, 2.05) is 23.5 Å². The van der Waals surface area contributed by atoms with Crippen LogP contribution >= 0.6 is 23.5 Å².